The Hall–Kier alpha value is -2.93. The molecule has 0 radical (unpaired) electrons. The lowest BCUT2D eigenvalue weighted by Crippen LogP contribution is -2.49. The molecule has 2 aromatic heterocycles. The number of hydrogen-bond donors (Lipinski definition) is 1. The molecule has 0 saturated carbocycles. The smallest absolute Gasteiger partial charge is 0.290 e. The van der Waals surface area contributed by atoms with Crippen LogP contribution in [0.4, 0.5) is 5.13 Å². The summed E-state index contributed by atoms with van der Waals surface area (Å²) in [6.07, 6.45) is 3.89. The van der Waals surface area contributed by atoms with Crippen molar-refractivity contribution in [1.82, 2.24) is 9.88 Å². The summed E-state index contributed by atoms with van der Waals surface area (Å²) in [6.45, 7) is 2.58. The summed E-state index contributed by atoms with van der Waals surface area (Å²) in [6, 6.07) is 10.9. The number of carbonyl (C=O) groups excluding carboxylic acids is 2. The zero-order valence-corrected chi connectivity index (χ0v) is 16.4. The van der Waals surface area contributed by atoms with Gasteiger partial charge in [-0.15, -0.1) is 11.3 Å². The Labute approximate surface area is 167 Å². The average Bonchev–Trinajstić information content (AvgIpc) is 3.40. The molecule has 1 atom stereocenters. The maximum atomic E-state index is 12.9. The number of amides is 2. The summed E-state index contributed by atoms with van der Waals surface area (Å²) in [4.78, 5) is 31.7. The molecule has 1 N–H and O–H groups in total. The van der Waals surface area contributed by atoms with Gasteiger partial charge in [0.2, 0.25) is 5.91 Å². The summed E-state index contributed by atoms with van der Waals surface area (Å²) in [5.74, 6) is -0.190. The first-order valence-corrected chi connectivity index (χ1v) is 10.2. The van der Waals surface area contributed by atoms with Gasteiger partial charge >= 0.3 is 0 Å². The quantitative estimate of drug-likeness (QED) is 0.713. The van der Waals surface area contributed by atoms with E-state index in [2.05, 4.69) is 10.3 Å². The van der Waals surface area contributed by atoms with E-state index in [-0.39, 0.29) is 17.6 Å². The van der Waals surface area contributed by atoms with Crippen molar-refractivity contribution in [2.24, 2.45) is 0 Å². The van der Waals surface area contributed by atoms with Crippen molar-refractivity contribution in [2.45, 2.75) is 32.2 Å². The van der Waals surface area contributed by atoms with Crippen molar-refractivity contribution in [3.05, 3.63) is 59.4 Å². The number of benzene rings is 1. The number of aromatic nitrogens is 1. The number of anilines is 1. The van der Waals surface area contributed by atoms with Crippen LogP contribution in [0.3, 0.4) is 0 Å². The number of hydrogen-bond acceptors (Lipinski definition) is 5. The Kier molecular flexibility index (Phi) is 5.25. The summed E-state index contributed by atoms with van der Waals surface area (Å²) < 4.78 is 5.22. The third-order valence-electron chi connectivity index (χ3n) is 4.88. The van der Waals surface area contributed by atoms with E-state index in [1.54, 1.807) is 17.0 Å². The average molecular weight is 395 g/mol. The van der Waals surface area contributed by atoms with Crippen molar-refractivity contribution in [1.29, 1.82) is 0 Å². The minimum Gasteiger partial charge on any atom is -0.459 e. The molecular formula is C21H21N3O3S. The van der Waals surface area contributed by atoms with Crippen LogP contribution in [0.2, 0.25) is 0 Å². The number of piperidine rings is 1. The van der Waals surface area contributed by atoms with Crippen molar-refractivity contribution in [2.75, 3.05) is 11.9 Å². The molecule has 0 spiro atoms. The van der Waals surface area contributed by atoms with Gasteiger partial charge in [-0.1, -0.05) is 29.8 Å². The molecule has 1 aliphatic rings. The molecule has 1 saturated heterocycles. The number of rotatable bonds is 4. The van der Waals surface area contributed by atoms with Gasteiger partial charge in [0, 0.05) is 17.5 Å². The fourth-order valence-electron chi connectivity index (χ4n) is 3.37. The van der Waals surface area contributed by atoms with Crippen LogP contribution in [0, 0.1) is 6.92 Å². The van der Waals surface area contributed by atoms with E-state index in [9.17, 15) is 9.59 Å². The Balaban J connectivity index is 1.47. The lowest BCUT2D eigenvalue weighted by Gasteiger charge is -2.33. The molecule has 2 amide bonds. The molecule has 0 bridgehead atoms. The first kappa shape index (κ1) is 18.4. The van der Waals surface area contributed by atoms with E-state index < -0.39 is 6.04 Å². The molecular weight excluding hydrogens is 374 g/mol. The molecule has 1 unspecified atom stereocenters. The summed E-state index contributed by atoms with van der Waals surface area (Å²) in [7, 11) is 0. The van der Waals surface area contributed by atoms with Crippen LogP contribution < -0.4 is 5.32 Å². The van der Waals surface area contributed by atoms with Crippen molar-refractivity contribution >= 4 is 28.3 Å². The molecule has 0 aliphatic carbocycles. The second-order valence-electron chi connectivity index (χ2n) is 6.88. The number of nitrogens with one attached hydrogen (secondary N) is 1. The van der Waals surface area contributed by atoms with Crippen LogP contribution in [0.1, 0.15) is 35.4 Å². The highest BCUT2D eigenvalue weighted by Gasteiger charge is 2.34. The zero-order valence-electron chi connectivity index (χ0n) is 15.6. The fraction of sp³-hybridized carbons (Fsp3) is 0.286. The van der Waals surface area contributed by atoms with E-state index in [1.807, 2.05) is 36.6 Å². The van der Waals surface area contributed by atoms with Gasteiger partial charge in [0.15, 0.2) is 10.9 Å². The monoisotopic (exact) mass is 395 g/mol. The van der Waals surface area contributed by atoms with Gasteiger partial charge in [-0.2, -0.15) is 0 Å². The Morgan fingerprint density at radius 2 is 2.04 bits per heavy atom. The lowest BCUT2D eigenvalue weighted by atomic mass is 10.0. The van der Waals surface area contributed by atoms with Crippen LogP contribution in [-0.4, -0.2) is 34.3 Å². The minimum atomic E-state index is -0.516. The number of furan rings is 1. The molecule has 3 aromatic rings. The van der Waals surface area contributed by atoms with Crippen LogP contribution in [0.5, 0.6) is 0 Å². The highest BCUT2D eigenvalue weighted by molar-refractivity contribution is 7.14. The molecule has 1 aliphatic heterocycles. The second-order valence-corrected chi connectivity index (χ2v) is 7.74. The van der Waals surface area contributed by atoms with E-state index in [4.69, 9.17) is 4.42 Å². The third kappa shape index (κ3) is 3.84. The molecule has 4 rings (SSSR count). The van der Waals surface area contributed by atoms with Crippen LogP contribution in [0.15, 0.2) is 52.5 Å². The van der Waals surface area contributed by atoms with Crippen molar-refractivity contribution in [3.8, 4) is 11.3 Å². The van der Waals surface area contributed by atoms with Gasteiger partial charge in [0.25, 0.3) is 5.91 Å². The molecule has 1 aromatic carbocycles. The number of thiazole rings is 1. The maximum absolute atomic E-state index is 12.9. The number of nitrogens with zero attached hydrogens (tertiary/aromatic N) is 2. The van der Waals surface area contributed by atoms with Crippen LogP contribution in [0.25, 0.3) is 11.3 Å². The van der Waals surface area contributed by atoms with Gasteiger partial charge in [0.05, 0.1) is 12.0 Å². The standard InChI is InChI=1S/C21H21N3O3S/c1-14-7-9-15(10-8-14)16-13-28-21(22-16)23-19(25)17-5-2-3-11-24(17)20(26)18-6-4-12-27-18/h4,6-10,12-13,17H,2-3,5,11H2,1H3,(H,22,23,25). The molecule has 28 heavy (non-hydrogen) atoms. The first-order valence-electron chi connectivity index (χ1n) is 9.30. The van der Waals surface area contributed by atoms with E-state index in [0.717, 1.165) is 24.1 Å². The van der Waals surface area contributed by atoms with Crippen LogP contribution >= 0.6 is 11.3 Å². The summed E-state index contributed by atoms with van der Waals surface area (Å²) in [5, 5.41) is 5.35. The SMILES string of the molecule is Cc1ccc(-c2csc(NC(=O)C3CCCCN3C(=O)c3ccco3)n2)cc1. The maximum Gasteiger partial charge on any atom is 0.290 e. The van der Waals surface area contributed by atoms with Gasteiger partial charge < -0.3 is 14.6 Å². The highest BCUT2D eigenvalue weighted by Crippen LogP contribution is 2.27. The normalized spacial score (nSPS) is 16.8. The van der Waals surface area contributed by atoms with Crippen LogP contribution in [-0.2, 0) is 4.79 Å². The van der Waals surface area contributed by atoms with Gasteiger partial charge in [0.1, 0.15) is 6.04 Å². The molecule has 144 valence electrons. The fourth-order valence-corrected chi connectivity index (χ4v) is 4.09. The number of likely N-dealkylation sites (tertiary alicyclic amines) is 1. The third-order valence-corrected chi connectivity index (χ3v) is 5.64. The molecule has 3 heterocycles. The van der Waals surface area contributed by atoms with E-state index in [1.165, 1.54) is 23.2 Å². The van der Waals surface area contributed by atoms with Gasteiger partial charge in [-0.25, -0.2) is 4.98 Å². The molecule has 6 nitrogen and oxygen atoms in total. The van der Waals surface area contributed by atoms with Gasteiger partial charge in [-0.3, -0.25) is 9.59 Å². The van der Waals surface area contributed by atoms with Gasteiger partial charge in [-0.05, 0) is 38.3 Å². The summed E-state index contributed by atoms with van der Waals surface area (Å²) in [5.41, 5.74) is 3.02. The van der Waals surface area contributed by atoms with E-state index in [0.29, 0.717) is 18.1 Å². The predicted octanol–water partition coefficient (Wildman–Crippen LogP) is 4.34. The molecule has 7 heteroatoms. The highest BCUT2D eigenvalue weighted by atomic mass is 32.1. The van der Waals surface area contributed by atoms with Crippen molar-refractivity contribution < 1.29 is 14.0 Å². The molecule has 1 fully saturated rings. The van der Waals surface area contributed by atoms with E-state index >= 15 is 0 Å². The Morgan fingerprint density at radius 3 is 2.79 bits per heavy atom. The topological polar surface area (TPSA) is 75.4 Å². The zero-order chi connectivity index (χ0) is 19.5. The van der Waals surface area contributed by atoms with Crippen molar-refractivity contribution in [3.63, 3.8) is 0 Å². The first-order chi connectivity index (χ1) is 13.6. The lowest BCUT2D eigenvalue weighted by molar-refractivity contribution is -0.121. The minimum absolute atomic E-state index is 0.204. The largest absolute Gasteiger partial charge is 0.459 e. The number of carbonyl (C=O) groups is 2. The Bertz CT molecular complexity index is 963. The second kappa shape index (κ2) is 7.98. The predicted molar refractivity (Wildman–Crippen MR) is 108 cm³/mol. The Morgan fingerprint density at radius 1 is 1.21 bits per heavy atom. The number of aryl methyl sites for hydroxylation is 1. The summed E-state index contributed by atoms with van der Waals surface area (Å²) >= 11 is 1.38.